The van der Waals surface area contributed by atoms with Crippen LogP contribution in [0.1, 0.15) is 18.7 Å². The molecule has 2 aliphatic rings. The van der Waals surface area contributed by atoms with Gasteiger partial charge in [-0.15, -0.1) is 23.1 Å². The van der Waals surface area contributed by atoms with E-state index in [-0.39, 0.29) is 23.1 Å². The number of carboxylic acid groups (broad SMARTS) is 1. The van der Waals surface area contributed by atoms with Gasteiger partial charge in [0.2, 0.25) is 11.8 Å². The number of thiazole rings is 1. The maximum absolute atomic E-state index is 13.0. The van der Waals surface area contributed by atoms with E-state index in [9.17, 15) is 24.3 Å². The molecule has 12 nitrogen and oxygen atoms in total. The van der Waals surface area contributed by atoms with Crippen molar-refractivity contribution in [2.24, 2.45) is 0 Å². The molecule has 4 N–H and O–H groups in total. The molecule has 0 bridgehead atoms. The quantitative estimate of drug-likeness (QED) is 0.248. The van der Waals surface area contributed by atoms with Crippen LogP contribution in [0.5, 0.6) is 0 Å². The predicted molar refractivity (Wildman–Crippen MR) is 128 cm³/mol. The van der Waals surface area contributed by atoms with E-state index in [4.69, 9.17) is 5.73 Å². The number of β-lactam (4-membered cyclic amide) rings is 1. The molecule has 36 heavy (non-hydrogen) atoms. The van der Waals surface area contributed by atoms with Crippen LogP contribution in [0, 0.1) is 0 Å². The molecule has 0 spiro atoms. The lowest BCUT2D eigenvalue weighted by atomic mass is 10.0. The molecule has 1 saturated heterocycles. The number of aliphatic carboxylic acids is 1. The first kappa shape index (κ1) is 23.8. The van der Waals surface area contributed by atoms with Crippen molar-refractivity contribution in [3.05, 3.63) is 59.1 Å². The van der Waals surface area contributed by atoms with Crippen molar-refractivity contribution in [3.8, 4) is 0 Å². The zero-order valence-corrected chi connectivity index (χ0v) is 20.5. The van der Waals surface area contributed by atoms with Crippen molar-refractivity contribution in [2.45, 2.75) is 30.9 Å². The number of hydrogen-bond donors (Lipinski definition) is 3. The minimum atomic E-state index is -1.45. The third-order valence-corrected chi connectivity index (χ3v) is 7.95. The van der Waals surface area contributed by atoms with Crippen molar-refractivity contribution in [1.82, 2.24) is 25.1 Å². The lowest BCUT2D eigenvalue weighted by molar-refractivity contribution is -0.510. The van der Waals surface area contributed by atoms with Crippen LogP contribution in [0.25, 0.3) is 5.65 Å². The topological polar surface area (TPSA) is 167 Å². The number of hydrogen-bond acceptors (Lipinski definition) is 9. The maximum Gasteiger partial charge on any atom is 0.286 e. The number of carbonyl (C=O) groups excluding carboxylic acids is 4. The van der Waals surface area contributed by atoms with E-state index in [0.717, 1.165) is 21.9 Å². The molecule has 1 unspecified atom stereocenters. The zero-order chi connectivity index (χ0) is 25.6. The van der Waals surface area contributed by atoms with E-state index >= 15 is 0 Å². The first-order valence-electron chi connectivity index (χ1n) is 10.9. The molecule has 14 heteroatoms. The van der Waals surface area contributed by atoms with Crippen molar-refractivity contribution >= 4 is 57.6 Å². The summed E-state index contributed by atoms with van der Waals surface area (Å²) in [6, 6.07) is 3.56. The number of fused-ring (bicyclic) bond motifs is 2. The van der Waals surface area contributed by atoms with Gasteiger partial charge in [0, 0.05) is 29.7 Å². The zero-order valence-electron chi connectivity index (χ0n) is 18.9. The van der Waals surface area contributed by atoms with Gasteiger partial charge in [-0.25, -0.2) is 14.0 Å². The molecular weight excluding hydrogens is 506 g/mol. The Kier molecular flexibility index (Phi) is 6.14. The fourth-order valence-electron chi connectivity index (χ4n) is 4.32. The molecule has 0 saturated carbocycles. The van der Waals surface area contributed by atoms with Crippen LogP contribution >= 0.6 is 23.1 Å². The number of thioether (sulfide) groups is 1. The van der Waals surface area contributed by atoms with Crippen molar-refractivity contribution in [3.63, 3.8) is 0 Å². The number of nitrogens with two attached hydrogens (primary N) is 1. The largest absolute Gasteiger partial charge is 0.543 e. The van der Waals surface area contributed by atoms with Gasteiger partial charge < -0.3 is 26.3 Å². The van der Waals surface area contributed by atoms with Gasteiger partial charge in [0.05, 0.1) is 23.6 Å². The van der Waals surface area contributed by atoms with Crippen molar-refractivity contribution in [1.29, 1.82) is 0 Å². The van der Waals surface area contributed by atoms with Crippen LogP contribution in [0.4, 0.5) is 5.13 Å². The highest BCUT2D eigenvalue weighted by Gasteiger charge is 2.53. The van der Waals surface area contributed by atoms with E-state index in [1.54, 1.807) is 5.38 Å². The summed E-state index contributed by atoms with van der Waals surface area (Å²) in [5, 5.41) is 18.4. The number of nitrogens with zero attached hydrogens (tertiary/aromatic N) is 4. The molecule has 186 valence electrons. The molecule has 2 aliphatic heterocycles. The number of aromatic nitrogens is 3. The van der Waals surface area contributed by atoms with Crippen LogP contribution in [-0.4, -0.2) is 55.3 Å². The summed E-state index contributed by atoms with van der Waals surface area (Å²) in [4.78, 5) is 55.0. The monoisotopic (exact) mass is 527 g/mol. The van der Waals surface area contributed by atoms with Gasteiger partial charge in [-0.1, -0.05) is 6.07 Å². The second-order valence-corrected chi connectivity index (χ2v) is 10.3. The summed E-state index contributed by atoms with van der Waals surface area (Å²) in [6.07, 6.45) is 5.57. The number of rotatable bonds is 7. The molecule has 0 aromatic carbocycles. The Morgan fingerprint density at radius 3 is 2.83 bits per heavy atom. The molecule has 3 aromatic rings. The summed E-state index contributed by atoms with van der Waals surface area (Å²) in [6.45, 7) is 1.52. The molecule has 5 heterocycles. The SMILES string of the molecule is CC(=O)NC(C(=O)N[C@@H]1C(=O)N2C(C(=O)[O-])=C(Cn3cc[n+]4ccccc34)CS[C@@H]12)c1csc(N)n1. The van der Waals surface area contributed by atoms with Crippen molar-refractivity contribution < 1.29 is 28.7 Å². The molecule has 5 rings (SSSR count). The number of imidazole rings is 1. The molecule has 3 amide bonds. The molecular formula is C22H21N7O5S2. The van der Waals surface area contributed by atoms with E-state index in [0.29, 0.717) is 11.3 Å². The number of carboxylic acids is 1. The standard InChI is InChI=1S/C22H21N7O5S2/c1-11(30)24-15(13-10-36-22(23)25-13)18(31)26-16-19(32)29-17(21(33)34)12(9-35-20(16)29)8-28-7-6-27-5-3-2-4-14(27)28/h2-7,10,15-16,20H,8-9H2,1H3,(H4-,23,24,25,26,30,31,33,34)/t15?,16-,20+/m1/s1. The van der Waals surface area contributed by atoms with Crippen LogP contribution in [0.15, 0.2) is 53.4 Å². The Hall–Kier alpha value is -3.91. The minimum Gasteiger partial charge on any atom is -0.543 e. The fraction of sp³-hybridized carbons (Fsp3) is 0.273. The van der Waals surface area contributed by atoms with E-state index in [1.165, 1.54) is 18.7 Å². The summed E-state index contributed by atoms with van der Waals surface area (Å²) in [7, 11) is 0. The molecule has 1 fully saturated rings. The Bertz CT molecular complexity index is 1430. The van der Waals surface area contributed by atoms with Gasteiger partial charge in [0.1, 0.15) is 30.4 Å². The Morgan fingerprint density at radius 2 is 2.14 bits per heavy atom. The first-order valence-corrected chi connectivity index (χ1v) is 12.8. The molecule has 3 atom stereocenters. The number of amides is 3. The average molecular weight is 528 g/mol. The summed E-state index contributed by atoms with van der Waals surface area (Å²) in [5.74, 6) is -2.79. The molecule has 3 aromatic heterocycles. The number of anilines is 1. The lowest BCUT2D eigenvalue weighted by Gasteiger charge is -2.50. The third kappa shape index (κ3) is 4.18. The second-order valence-electron chi connectivity index (χ2n) is 8.27. The normalized spacial score (nSPS) is 20.0. The highest BCUT2D eigenvalue weighted by Crippen LogP contribution is 2.40. The van der Waals surface area contributed by atoms with Crippen LogP contribution in [0.2, 0.25) is 0 Å². The number of nitrogen functional groups attached to an aromatic ring is 1. The average Bonchev–Trinajstić information content (AvgIpc) is 3.46. The van der Waals surface area contributed by atoms with E-state index in [2.05, 4.69) is 15.6 Å². The second kappa shape index (κ2) is 9.28. The highest BCUT2D eigenvalue weighted by atomic mass is 32.2. The van der Waals surface area contributed by atoms with Crippen LogP contribution < -0.4 is 25.9 Å². The number of pyridine rings is 1. The van der Waals surface area contributed by atoms with Gasteiger partial charge in [0.15, 0.2) is 11.2 Å². The highest BCUT2D eigenvalue weighted by molar-refractivity contribution is 8.00. The summed E-state index contributed by atoms with van der Waals surface area (Å²) >= 11 is 2.46. The van der Waals surface area contributed by atoms with Gasteiger partial charge in [0.25, 0.3) is 11.6 Å². The summed E-state index contributed by atoms with van der Waals surface area (Å²) in [5.41, 5.74) is 7.13. The van der Waals surface area contributed by atoms with Gasteiger partial charge in [-0.3, -0.25) is 19.3 Å². The Balaban J connectivity index is 1.36. The van der Waals surface area contributed by atoms with Gasteiger partial charge in [-0.05, 0) is 6.07 Å². The van der Waals surface area contributed by atoms with Crippen LogP contribution in [0.3, 0.4) is 0 Å². The van der Waals surface area contributed by atoms with E-state index in [1.807, 2.05) is 45.8 Å². The predicted octanol–water partition coefficient (Wildman–Crippen LogP) is -1.45. The first-order chi connectivity index (χ1) is 17.2. The van der Waals surface area contributed by atoms with Crippen molar-refractivity contribution in [2.75, 3.05) is 11.5 Å². The maximum atomic E-state index is 13.0. The fourth-order valence-corrected chi connectivity index (χ4v) is 6.25. The number of nitrogens with one attached hydrogen (secondary N) is 2. The Labute approximate surface area is 212 Å². The Morgan fingerprint density at radius 1 is 1.33 bits per heavy atom. The smallest absolute Gasteiger partial charge is 0.286 e. The van der Waals surface area contributed by atoms with E-state index < -0.39 is 41.1 Å². The minimum absolute atomic E-state index is 0.178. The molecule has 0 aliphatic carbocycles. The van der Waals surface area contributed by atoms with Gasteiger partial charge >= 0.3 is 0 Å². The van der Waals surface area contributed by atoms with Crippen LogP contribution in [-0.2, 0) is 25.7 Å². The number of carbonyl (C=O) groups is 4. The summed E-state index contributed by atoms with van der Waals surface area (Å²) < 4.78 is 3.79. The molecule has 0 radical (unpaired) electrons. The third-order valence-electron chi connectivity index (χ3n) is 5.91. The lowest BCUT2D eigenvalue weighted by Crippen LogP contribution is -2.71. The van der Waals surface area contributed by atoms with Gasteiger partial charge in [-0.2, -0.15) is 0 Å².